The highest BCUT2D eigenvalue weighted by molar-refractivity contribution is 5.37. The van der Waals surface area contributed by atoms with Crippen molar-refractivity contribution in [1.82, 2.24) is 15.0 Å². The molecule has 0 amide bonds. The van der Waals surface area contributed by atoms with E-state index >= 15 is 0 Å². The van der Waals surface area contributed by atoms with Crippen molar-refractivity contribution in [3.8, 4) is 6.07 Å². The molecule has 0 spiro atoms. The number of aromatic nitrogens is 2. The number of hydrogen-bond donors (Lipinski definition) is 1. The van der Waals surface area contributed by atoms with Gasteiger partial charge in [0.1, 0.15) is 0 Å². The normalized spacial score (nSPS) is 24.2. The second kappa shape index (κ2) is 6.34. The number of nitriles is 1. The molecule has 6 nitrogen and oxygen atoms in total. The summed E-state index contributed by atoms with van der Waals surface area (Å²) >= 11 is 0. The van der Waals surface area contributed by atoms with E-state index in [1.807, 2.05) is 24.3 Å². The first kappa shape index (κ1) is 15.3. The van der Waals surface area contributed by atoms with Gasteiger partial charge in [-0.15, -0.1) is 0 Å². The topological polar surface area (TPSA) is 86.2 Å². The molecule has 2 fully saturated rings. The van der Waals surface area contributed by atoms with E-state index in [0.29, 0.717) is 23.9 Å². The molecule has 1 aliphatic carbocycles. The van der Waals surface area contributed by atoms with Gasteiger partial charge < -0.3 is 9.63 Å². The number of nitrogens with zero attached hydrogens (tertiary/aromatic N) is 4. The van der Waals surface area contributed by atoms with Crippen LogP contribution in [-0.2, 0) is 6.54 Å². The average Bonchev–Trinajstić information content (AvgIpc) is 3.20. The van der Waals surface area contributed by atoms with Gasteiger partial charge in [-0.2, -0.15) is 10.2 Å². The van der Waals surface area contributed by atoms with Crippen molar-refractivity contribution >= 4 is 0 Å². The summed E-state index contributed by atoms with van der Waals surface area (Å²) in [4.78, 5) is 6.81. The minimum absolute atomic E-state index is 0.0595. The van der Waals surface area contributed by atoms with E-state index in [4.69, 9.17) is 4.52 Å². The van der Waals surface area contributed by atoms with Crippen molar-refractivity contribution in [2.45, 2.75) is 31.2 Å². The Balaban J connectivity index is 1.49. The Labute approximate surface area is 140 Å². The Bertz CT molecular complexity index is 762. The number of aliphatic hydroxyl groups excluding tert-OH is 1. The predicted octanol–water partition coefficient (Wildman–Crippen LogP) is 2.03. The van der Waals surface area contributed by atoms with Gasteiger partial charge in [-0.25, -0.2) is 0 Å². The van der Waals surface area contributed by atoms with Crippen LogP contribution in [0.3, 0.4) is 0 Å². The minimum Gasteiger partial charge on any atom is -0.396 e. The van der Waals surface area contributed by atoms with Gasteiger partial charge >= 0.3 is 0 Å². The zero-order valence-electron chi connectivity index (χ0n) is 13.4. The zero-order chi connectivity index (χ0) is 16.5. The first-order valence-corrected chi connectivity index (χ1v) is 8.43. The SMILES string of the molecule is N#Cc1ccccc1CN1C[C@H](CO)[C@@H](c2nc(C3CC3)no2)C1. The van der Waals surface area contributed by atoms with Gasteiger partial charge in [-0.05, 0) is 24.5 Å². The maximum Gasteiger partial charge on any atom is 0.231 e. The van der Waals surface area contributed by atoms with Crippen LogP contribution in [0.5, 0.6) is 0 Å². The Morgan fingerprint density at radius 3 is 2.88 bits per heavy atom. The molecule has 0 radical (unpaired) electrons. The predicted molar refractivity (Wildman–Crippen MR) is 86.0 cm³/mol. The van der Waals surface area contributed by atoms with Crippen LogP contribution in [0.2, 0.25) is 0 Å². The van der Waals surface area contributed by atoms with Crippen LogP contribution in [0.4, 0.5) is 0 Å². The lowest BCUT2D eigenvalue weighted by Crippen LogP contribution is -2.21. The number of benzene rings is 1. The van der Waals surface area contributed by atoms with E-state index in [-0.39, 0.29) is 18.4 Å². The van der Waals surface area contributed by atoms with Gasteiger partial charge in [0.2, 0.25) is 5.89 Å². The maximum atomic E-state index is 9.74. The maximum absolute atomic E-state index is 9.74. The summed E-state index contributed by atoms with van der Waals surface area (Å²) in [5.74, 6) is 2.08. The highest BCUT2D eigenvalue weighted by atomic mass is 16.5. The number of hydrogen-bond acceptors (Lipinski definition) is 6. The molecule has 2 aliphatic rings. The van der Waals surface area contributed by atoms with E-state index in [1.165, 1.54) is 0 Å². The summed E-state index contributed by atoms with van der Waals surface area (Å²) in [6.07, 6.45) is 2.29. The van der Waals surface area contributed by atoms with Crippen molar-refractivity contribution in [1.29, 1.82) is 5.26 Å². The highest BCUT2D eigenvalue weighted by Gasteiger charge is 2.38. The molecule has 1 saturated carbocycles. The standard InChI is InChI=1S/C18H20N4O2/c19-7-13-3-1-2-4-14(13)8-22-9-15(11-23)16(10-22)18-20-17(21-24-18)12-5-6-12/h1-4,12,15-16,23H,5-6,8-11H2/t15-,16+/m1/s1. The third kappa shape index (κ3) is 2.93. The van der Waals surface area contributed by atoms with Crippen molar-refractivity contribution in [3.63, 3.8) is 0 Å². The molecule has 0 unspecified atom stereocenters. The van der Waals surface area contributed by atoms with Gasteiger partial charge in [0.05, 0.1) is 17.6 Å². The third-order valence-electron chi connectivity index (χ3n) is 5.00. The monoisotopic (exact) mass is 324 g/mol. The Morgan fingerprint density at radius 1 is 1.29 bits per heavy atom. The Kier molecular flexibility index (Phi) is 4.05. The summed E-state index contributed by atoms with van der Waals surface area (Å²) in [6, 6.07) is 9.90. The third-order valence-corrected chi connectivity index (χ3v) is 5.00. The summed E-state index contributed by atoms with van der Waals surface area (Å²) in [7, 11) is 0. The van der Waals surface area contributed by atoms with Crippen LogP contribution < -0.4 is 0 Å². The molecular weight excluding hydrogens is 304 g/mol. The molecule has 1 N–H and O–H groups in total. The first-order valence-electron chi connectivity index (χ1n) is 8.43. The summed E-state index contributed by atoms with van der Waals surface area (Å²) in [5, 5.41) is 23.1. The van der Waals surface area contributed by atoms with E-state index < -0.39 is 0 Å². The largest absolute Gasteiger partial charge is 0.396 e. The molecule has 124 valence electrons. The van der Waals surface area contributed by atoms with Crippen molar-refractivity contribution in [3.05, 3.63) is 47.1 Å². The summed E-state index contributed by atoms with van der Waals surface area (Å²) < 4.78 is 5.47. The van der Waals surface area contributed by atoms with Crippen molar-refractivity contribution in [2.75, 3.05) is 19.7 Å². The lowest BCUT2D eigenvalue weighted by molar-refractivity contribution is 0.205. The fraction of sp³-hybridized carbons (Fsp3) is 0.500. The molecule has 2 heterocycles. The first-order chi connectivity index (χ1) is 11.8. The lowest BCUT2D eigenvalue weighted by Gasteiger charge is -2.16. The van der Waals surface area contributed by atoms with Gasteiger partial charge in [-0.1, -0.05) is 23.4 Å². The van der Waals surface area contributed by atoms with Gasteiger partial charge in [-0.3, -0.25) is 4.90 Å². The molecule has 6 heteroatoms. The van der Waals surface area contributed by atoms with Crippen LogP contribution in [0.25, 0.3) is 0 Å². The minimum atomic E-state index is 0.0595. The second-order valence-electron chi connectivity index (χ2n) is 6.78. The Hall–Kier alpha value is -2.23. The zero-order valence-corrected chi connectivity index (χ0v) is 13.4. The highest BCUT2D eigenvalue weighted by Crippen LogP contribution is 2.40. The summed E-state index contributed by atoms with van der Waals surface area (Å²) in [6.45, 7) is 2.32. The van der Waals surface area contributed by atoms with Crippen LogP contribution in [0.15, 0.2) is 28.8 Å². The van der Waals surface area contributed by atoms with Gasteiger partial charge in [0.15, 0.2) is 5.82 Å². The average molecular weight is 324 g/mol. The lowest BCUT2D eigenvalue weighted by atomic mass is 9.97. The van der Waals surface area contributed by atoms with Crippen LogP contribution >= 0.6 is 0 Å². The molecule has 1 aromatic carbocycles. The van der Waals surface area contributed by atoms with E-state index in [9.17, 15) is 10.4 Å². The van der Waals surface area contributed by atoms with E-state index in [0.717, 1.165) is 37.3 Å². The van der Waals surface area contributed by atoms with Crippen LogP contribution in [-0.4, -0.2) is 39.8 Å². The van der Waals surface area contributed by atoms with E-state index in [1.54, 1.807) is 0 Å². The fourth-order valence-electron chi connectivity index (χ4n) is 3.47. The molecule has 1 aliphatic heterocycles. The Morgan fingerprint density at radius 2 is 2.12 bits per heavy atom. The van der Waals surface area contributed by atoms with Gasteiger partial charge in [0, 0.05) is 38.1 Å². The second-order valence-corrected chi connectivity index (χ2v) is 6.78. The van der Waals surface area contributed by atoms with Crippen LogP contribution in [0, 0.1) is 17.2 Å². The fourth-order valence-corrected chi connectivity index (χ4v) is 3.47. The molecule has 4 rings (SSSR count). The smallest absolute Gasteiger partial charge is 0.231 e. The molecular formula is C18H20N4O2. The molecule has 24 heavy (non-hydrogen) atoms. The molecule has 0 bridgehead atoms. The molecule has 1 aromatic heterocycles. The van der Waals surface area contributed by atoms with Gasteiger partial charge in [0.25, 0.3) is 0 Å². The van der Waals surface area contributed by atoms with E-state index in [2.05, 4.69) is 21.1 Å². The van der Waals surface area contributed by atoms with Crippen molar-refractivity contribution in [2.24, 2.45) is 5.92 Å². The molecule has 2 aromatic rings. The number of rotatable bonds is 5. The van der Waals surface area contributed by atoms with Crippen LogP contribution in [0.1, 0.15) is 47.5 Å². The summed E-state index contributed by atoms with van der Waals surface area (Å²) in [5.41, 5.74) is 1.72. The number of aliphatic hydroxyl groups is 1. The quantitative estimate of drug-likeness (QED) is 0.905. The number of likely N-dealkylation sites (tertiary alicyclic amines) is 1. The molecule has 2 atom stereocenters. The van der Waals surface area contributed by atoms with Crippen molar-refractivity contribution < 1.29 is 9.63 Å². The molecule has 1 saturated heterocycles.